The Hall–Kier alpha value is -3.06. The van der Waals surface area contributed by atoms with Crippen LogP contribution in [0.25, 0.3) is 0 Å². The third-order valence-electron chi connectivity index (χ3n) is 3.31. The first-order valence-electron chi connectivity index (χ1n) is 8.06. The topological polar surface area (TPSA) is 94.1 Å². The lowest BCUT2D eigenvalue weighted by Gasteiger charge is -2.10. The molecule has 0 unspecified atom stereocenters. The summed E-state index contributed by atoms with van der Waals surface area (Å²) in [4.78, 5) is 22.9. The van der Waals surface area contributed by atoms with Gasteiger partial charge in [-0.15, -0.1) is 0 Å². The maximum absolute atomic E-state index is 12.4. The normalized spacial score (nSPS) is 10.2. The lowest BCUT2D eigenvalue weighted by molar-refractivity contribution is -0.139. The fourth-order valence-electron chi connectivity index (χ4n) is 2.13. The average molecular weight is 359 g/mol. The van der Waals surface area contributed by atoms with Crippen molar-refractivity contribution in [2.24, 2.45) is 0 Å². The van der Waals surface area contributed by atoms with Crippen LogP contribution in [0.4, 0.5) is 5.69 Å². The first-order chi connectivity index (χ1) is 12.6. The molecule has 0 heterocycles. The third-order valence-corrected chi connectivity index (χ3v) is 3.31. The number of hydrogen-bond acceptors (Lipinski definition) is 5. The van der Waals surface area contributed by atoms with Crippen LogP contribution in [0, 0.1) is 0 Å². The van der Waals surface area contributed by atoms with Gasteiger partial charge in [0.2, 0.25) is 0 Å². The quantitative estimate of drug-likeness (QED) is 0.634. The Kier molecular flexibility index (Phi) is 7.45. The molecule has 2 N–H and O–H groups in total. The number of carboxylic acids is 1. The molecule has 0 fully saturated rings. The minimum absolute atomic E-state index is 0.303. The Labute approximate surface area is 151 Å². The molecule has 0 bridgehead atoms. The van der Waals surface area contributed by atoms with Crippen LogP contribution in [0.1, 0.15) is 16.8 Å². The van der Waals surface area contributed by atoms with E-state index in [0.29, 0.717) is 36.0 Å². The van der Waals surface area contributed by atoms with Gasteiger partial charge in [-0.25, -0.2) is 4.79 Å². The van der Waals surface area contributed by atoms with Crippen LogP contribution in [0.15, 0.2) is 48.5 Å². The van der Waals surface area contributed by atoms with Crippen molar-refractivity contribution in [2.75, 3.05) is 32.2 Å². The molecule has 26 heavy (non-hydrogen) atoms. The number of aliphatic carboxylic acids is 1. The molecule has 0 saturated carbocycles. The maximum Gasteiger partial charge on any atom is 0.341 e. The molecule has 7 nitrogen and oxygen atoms in total. The van der Waals surface area contributed by atoms with Crippen LogP contribution in [-0.4, -0.2) is 43.9 Å². The molecule has 138 valence electrons. The van der Waals surface area contributed by atoms with Gasteiger partial charge in [-0.1, -0.05) is 12.1 Å². The Morgan fingerprint density at radius 1 is 1.00 bits per heavy atom. The molecular weight excluding hydrogens is 338 g/mol. The van der Waals surface area contributed by atoms with E-state index in [1.165, 1.54) is 0 Å². The summed E-state index contributed by atoms with van der Waals surface area (Å²) in [7, 11) is 1.63. The van der Waals surface area contributed by atoms with Gasteiger partial charge < -0.3 is 24.6 Å². The van der Waals surface area contributed by atoms with Gasteiger partial charge in [0, 0.05) is 37.5 Å². The molecule has 0 aliphatic carbocycles. The highest BCUT2D eigenvalue weighted by atomic mass is 16.5. The number of ether oxygens (including phenoxy) is 3. The molecule has 7 heteroatoms. The van der Waals surface area contributed by atoms with Crippen molar-refractivity contribution in [3.8, 4) is 11.5 Å². The summed E-state index contributed by atoms with van der Waals surface area (Å²) in [5.41, 5.74) is 0.954. The zero-order valence-electron chi connectivity index (χ0n) is 14.4. The number of methoxy groups -OCH3 is 1. The van der Waals surface area contributed by atoms with Gasteiger partial charge in [0.1, 0.15) is 11.5 Å². The fourth-order valence-corrected chi connectivity index (χ4v) is 2.13. The number of rotatable bonds is 10. The maximum atomic E-state index is 12.4. The van der Waals surface area contributed by atoms with E-state index < -0.39 is 12.6 Å². The predicted octanol–water partition coefficient (Wildman–Crippen LogP) is 2.82. The van der Waals surface area contributed by atoms with E-state index in [2.05, 4.69) is 5.32 Å². The number of anilines is 1. The first kappa shape index (κ1) is 19.3. The average Bonchev–Trinajstić information content (AvgIpc) is 2.64. The van der Waals surface area contributed by atoms with Crippen LogP contribution in [0.5, 0.6) is 11.5 Å². The van der Waals surface area contributed by atoms with Crippen LogP contribution >= 0.6 is 0 Å². The van der Waals surface area contributed by atoms with E-state index >= 15 is 0 Å². The van der Waals surface area contributed by atoms with E-state index in [1.54, 1.807) is 55.6 Å². The minimum Gasteiger partial charge on any atom is -0.493 e. The fraction of sp³-hybridized carbons (Fsp3) is 0.263. The number of carbonyl (C=O) groups excluding carboxylic acids is 1. The van der Waals surface area contributed by atoms with Crippen molar-refractivity contribution >= 4 is 17.6 Å². The summed E-state index contributed by atoms with van der Waals surface area (Å²) in [5, 5.41) is 11.4. The Balaban J connectivity index is 1.96. The largest absolute Gasteiger partial charge is 0.493 e. The van der Waals surface area contributed by atoms with Gasteiger partial charge in [0.05, 0.1) is 6.61 Å². The molecular formula is C19H21NO6. The lowest BCUT2D eigenvalue weighted by atomic mass is 10.2. The molecule has 0 radical (unpaired) electrons. The van der Waals surface area contributed by atoms with Gasteiger partial charge >= 0.3 is 5.97 Å². The molecule has 0 aliphatic heterocycles. The second-order valence-electron chi connectivity index (χ2n) is 5.39. The van der Waals surface area contributed by atoms with Crippen molar-refractivity contribution < 1.29 is 28.9 Å². The SMILES string of the molecule is COCCCOc1cccc(C(=O)Nc2cccc(OCC(=O)O)c2)c1. The highest BCUT2D eigenvalue weighted by Gasteiger charge is 2.08. The summed E-state index contributed by atoms with van der Waals surface area (Å²) in [6, 6.07) is 13.4. The van der Waals surface area contributed by atoms with Crippen LogP contribution in [0.2, 0.25) is 0 Å². The number of benzene rings is 2. The van der Waals surface area contributed by atoms with Gasteiger partial charge in [-0.3, -0.25) is 4.79 Å². The smallest absolute Gasteiger partial charge is 0.341 e. The van der Waals surface area contributed by atoms with Crippen molar-refractivity contribution in [2.45, 2.75) is 6.42 Å². The van der Waals surface area contributed by atoms with E-state index in [1.807, 2.05) is 0 Å². The monoisotopic (exact) mass is 359 g/mol. The number of hydrogen-bond donors (Lipinski definition) is 2. The van der Waals surface area contributed by atoms with Crippen molar-refractivity contribution in [1.82, 2.24) is 0 Å². The van der Waals surface area contributed by atoms with Crippen LogP contribution in [-0.2, 0) is 9.53 Å². The summed E-state index contributed by atoms with van der Waals surface area (Å²) in [5.74, 6) is -0.405. The Bertz CT molecular complexity index is 746. The van der Waals surface area contributed by atoms with Gasteiger partial charge in [0.25, 0.3) is 5.91 Å². The van der Waals surface area contributed by atoms with E-state index in [-0.39, 0.29) is 5.91 Å². The van der Waals surface area contributed by atoms with Gasteiger partial charge in [-0.05, 0) is 30.3 Å². The zero-order chi connectivity index (χ0) is 18.8. The molecule has 0 atom stereocenters. The molecule has 0 saturated heterocycles. The highest BCUT2D eigenvalue weighted by molar-refractivity contribution is 6.04. The lowest BCUT2D eigenvalue weighted by Crippen LogP contribution is -2.13. The number of carbonyl (C=O) groups is 2. The number of amides is 1. The molecule has 0 aliphatic rings. The van der Waals surface area contributed by atoms with E-state index in [4.69, 9.17) is 19.3 Å². The van der Waals surface area contributed by atoms with Gasteiger partial charge in [0.15, 0.2) is 6.61 Å². The Morgan fingerprint density at radius 2 is 1.73 bits per heavy atom. The predicted molar refractivity (Wildman–Crippen MR) is 96.0 cm³/mol. The van der Waals surface area contributed by atoms with Crippen LogP contribution < -0.4 is 14.8 Å². The first-order valence-corrected chi connectivity index (χ1v) is 8.06. The molecule has 2 rings (SSSR count). The molecule has 1 amide bonds. The van der Waals surface area contributed by atoms with Crippen molar-refractivity contribution in [1.29, 1.82) is 0 Å². The second kappa shape index (κ2) is 10.0. The number of carboxylic acid groups (broad SMARTS) is 1. The van der Waals surface area contributed by atoms with Crippen molar-refractivity contribution in [3.63, 3.8) is 0 Å². The zero-order valence-corrected chi connectivity index (χ0v) is 14.4. The standard InChI is InChI=1S/C19H21NO6/c1-24-9-4-10-25-16-7-2-5-14(11-16)19(23)20-15-6-3-8-17(12-15)26-13-18(21)22/h2-3,5-8,11-12H,4,9-10,13H2,1H3,(H,20,23)(H,21,22). The summed E-state index contributed by atoms with van der Waals surface area (Å²) in [6.45, 7) is 0.669. The van der Waals surface area contributed by atoms with Gasteiger partial charge in [-0.2, -0.15) is 0 Å². The molecule has 2 aromatic carbocycles. The second-order valence-corrected chi connectivity index (χ2v) is 5.39. The number of nitrogens with one attached hydrogen (secondary N) is 1. The molecule has 0 aromatic heterocycles. The molecule has 2 aromatic rings. The highest BCUT2D eigenvalue weighted by Crippen LogP contribution is 2.19. The summed E-state index contributed by atoms with van der Waals surface area (Å²) < 4.78 is 15.6. The van der Waals surface area contributed by atoms with E-state index in [0.717, 1.165) is 6.42 Å². The van der Waals surface area contributed by atoms with Crippen LogP contribution in [0.3, 0.4) is 0 Å². The van der Waals surface area contributed by atoms with Crippen molar-refractivity contribution in [3.05, 3.63) is 54.1 Å². The Morgan fingerprint density at radius 3 is 2.46 bits per heavy atom. The summed E-state index contributed by atoms with van der Waals surface area (Å²) >= 11 is 0. The van der Waals surface area contributed by atoms with E-state index in [9.17, 15) is 9.59 Å². The molecule has 0 spiro atoms. The minimum atomic E-state index is -1.07. The third kappa shape index (κ3) is 6.45. The summed E-state index contributed by atoms with van der Waals surface area (Å²) in [6.07, 6.45) is 0.760.